The molecule has 1 N–H and O–H groups in total. The number of anilines is 2. The molecular weight excluding hydrogens is 381 g/mol. The maximum Gasteiger partial charge on any atom is 0.300 e. The molecule has 0 atom stereocenters. The third-order valence-electron chi connectivity index (χ3n) is 2.96. The van der Waals surface area contributed by atoms with E-state index in [2.05, 4.69) is 21.2 Å². The SMILES string of the molecule is O=[N+]([O-])c1cc2c(c([N+](=O)[O-])c1)Nc1c(F)cc(Br)cc1S2. The summed E-state index contributed by atoms with van der Waals surface area (Å²) in [5, 5.41) is 24.7. The third-order valence-corrected chi connectivity index (χ3v) is 4.50. The number of benzene rings is 2. The lowest BCUT2D eigenvalue weighted by atomic mass is 10.2. The quantitative estimate of drug-likeness (QED) is 0.510. The first-order chi connectivity index (χ1) is 10.4. The largest absolute Gasteiger partial charge is 0.346 e. The minimum absolute atomic E-state index is 0.0503. The molecule has 1 aliphatic rings. The van der Waals surface area contributed by atoms with E-state index in [-0.39, 0.29) is 11.4 Å². The van der Waals surface area contributed by atoms with Crippen molar-refractivity contribution in [1.29, 1.82) is 0 Å². The van der Waals surface area contributed by atoms with E-state index < -0.39 is 27.0 Å². The number of nitro benzene ring substituents is 2. The maximum atomic E-state index is 14.0. The standard InChI is InChI=1S/C12H5BrFN3O4S/c13-5-1-7(14)11-9(2-5)22-10-4-6(16(18)19)3-8(17(20)21)12(10)15-11/h1-4,15H. The summed E-state index contributed by atoms with van der Waals surface area (Å²) in [6, 6.07) is 4.94. The van der Waals surface area contributed by atoms with E-state index >= 15 is 0 Å². The van der Waals surface area contributed by atoms with E-state index in [1.165, 1.54) is 12.1 Å². The van der Waals surface area contributed by atoms with Crippen LogP contribution >= 0.6 is 27.7 Å². The Kier molecular flexibility index (Phi) is 3.49. The fourth-order valence-electron chi connectivity index (χ4n) is 2.04. The van der Waals surface area contributed by atoms with E-state index in [1.807, 2.05) is 0 Å². The first-order valence-electron chi connectivity index (χ1n) is 5.77. The highest BCUT2D eigenvalue weighted by Gasteiger charge is 2.30. The van der Waals surface area contributed by atoms with Crippen LogP contribution in [0.5, 0.6) is 0 Å². The molecule has 0 radical (unpaired) electrons. The average Bonchev–Trinajstić information content (AvgIpc) is 2.43. The Bertz CT molecular complexity index is 846. The molecule has 2 aromatic rings. The van der Waals surface area contributed by atoms with Gasteiger partial charge < -0.3 is 5.32 Å². The van der Waals surface area contributed by atoms with Crippen molar-refractivity contribution < 1.29 is 14.2 Å². The summed E-state index contributed by atoms with van der Waals surface area (Å²) in [5.41, 5.74) is -0.699. The van der Waals surface area contributed by atoms with Crippen LogP contribution in [0.4, 0.5) is 27.1 Å². The van der Waals surface area contributed by atoms with E-state index in [9.17, 15) is 24.6 Å². The summed E-state index contributed by atoms with van der Waals surface area (Å²) in [5.74, 6) is -0.574. The molecule has 0 saturated carbocycles. The van der Waals surface area contributed by atoms with Gasteiger partial charge in [-0.05, 0) is 12.1 Å². The van der Waals surface area contributed by atoms with E-state index in [0.717, 1.165) is 17.8 Å². The van der Waals surface area contributed by atoms with E-state index in [1.54, 1.807) is 6.07 Å². The Morgan fingerprint density at radius 2 is 1.73 bits per heavy atom. The molecule has 0 amide bonds. The number of halogens is 2. The highest BCUT2D eigenvalue weighted by atomic mass is 79.9. The Hall–Kier alpha value is -2.20. The first kappa shape index (κ1) is 14.7. The van der Waals surface area contributed by atoms with Crippen LogP contribution < -0.4 is 5.32 Å². The van der Waals surface area contributed by atoms with Crippen molar-refractivity contribution in [2.75, 3.05) is 5.32 Å². The van der Waals surface area contributed by atoms with Gasteiger partial charge in [0.1, 0.15) is 11.5 Å². The molecule has 0 bridgehead atoms. The number of rotatable bonds is 2. The number of nitrogens with one attached hydrogen (secondary N) is 1. The molecule has 2 aromatic carbocycles. The topological polar surface area (TPSA) is 98.3 Å². The molecule has 0 fully saturated rings. The maximum absolute atomic E-state index is 14.0. The van der Waals surface area contributed by atoms with Crippen LogP contribution in [0.25, 0.3) is 0 Å². The molecular formula is C12H5BrFN3O4S. The second kappa shape index (κ2) is 5.21. The number of nitro groups is 2. The van der Waals surface area contributed by atoms with Gasteiger partial charge in [0.15, 0.2) is 0 Å². The number of hydrogen-bond acceptors (Lipinski definition) is 6. The highest BCUT2D eigenvalue weighted by Crippen LogP contribution is 2.50. The number of hydrogen-bond donors (Lipinski definition) is 1. The highest BCUT2D eigenvalue weighted by molar-refractivity contribution is 9.10. The zero-order valence-corrected chi connectivity index (χ0v) is 12.9. The molecule has 7 nitrogen and oxygen atoms in total. The molecule has 0 spiro atoms. The lowest BCUT2D eigenvalue weighted by Crippen LogP contribution is -2.06. The summed E-state index contributed by atoms with van der Waals surface area (Å²) >= 11 is 4.19. The van der Waals surface area contributed by atoms with E-state index in [4.69, 9.17) is 0 Å². The van der Waals surface area contributed by atoms with Gasteiger partial charge in [-0.15, -0.1) is 0 Å². The van der Waals surface area contributed by atoms with Crippen molar-refractivity contribution in [3.63, 3.8) is 0 Å². The van der Waals surface area contributed by atoms with Gasteiger partial charge in [0.05, 0.1) is 21.6 Å². The van der Waals surface area contributed by atoms with Crippen molar-refractivity contribution >= 4 is 50.4 Å². The van der Waals surface area contributed by atoms with Gasteiger partial charge in [0.2, 0.25) is 0 Å². The lowest BCUT2D eigenvalue weighted by molar-refractivity contribution is -0.393. The normalized spacial score (nSPS) is 12.1. The van der Waals surface area contributed by atoms with Crippen molar-refractivity contribution in [2.45, 2.75) is 9.79 Å². The summed E-state index contributed by atoms with van der Waals surface area (Å²) in [7, 11) is 0. The molecule has 22 heavy (non-hydrogen) atoms. The summed E-state index contributed by atoms with van der Waals surface area (Å²) in [6.07, 6.45) is 0. The zero-order valence-electron chi connectivity index (χ0n) is 10.5. The fourth-order valence-corrected chi connectivity index (χ4v) is 3.73. The summed E-state index contributed by atoms with van der Waals surface area (Å²) in [6.45, 7) is 0. The molecule has 0 unspecified atom stereocenters. The van der Waals surface area contributed by atoms with Crippen LogP contribution in [0.3, 0.4) is 0 Å². The van der Waals surface area contributed by atoms with Gasteiger partial charge in [-0.25, -0.2) is 4.39 Å². The van der Waals surface area contributed by atoms with Crippen LogP contribution in [0.15, 0.2) is 38.5 Å². The molecule has 10 heteroatoms. The van der Waals surface area contributed by atoms with Crippen molar-refractivity contribution in [3.8, 4) is 0 Å². The summed E-state index contributed by atoms with van der Waals surface area (Å²) in [4.78, 5) is 21.4. The van der Waals surface area contributed by atoms with Gasteiger partial charge in [-0.2, -0.15) is 0 Å². The number of fused-ring (bicyclic) bond motifs is 2. The van der Waals surface area contributed by atoms with Gasteiger partial charge in [-0.3, -0.25) is 20.2 Å². The molecule has 112 valence electrons. The van der Waals surface area contributed by atoms with Gasteiger partial charge in [0.25, 0.3) is 5.69 Å². The molecule has 3 rings (SSSR count). The van der Waals surface area contributed by atoms with Crippen molar-refractivity contribution in [3.05, 3.63) is 54.8 Å². The van der Waals surface area contributed by atoms with E-state index in [0.29, 0.717) is 14.3 Å². The van der Waals surface area contributed by atoms with Crippen LogP contribution in [-0.2, 0) is 0 Å². The minimum Gasteiger partial charge on any atom is -0.346 e. The van der Waals surface area contributed by atoms with Crippen LogP contribution in [0.2, 0.25) is 0 Å². The molecule has 1 heterocycles. The van der Waals surface area contributed by atoms with Gasteiger partial charge in [-0.1, -0.05) is 27.7 Å². The van der Waals surface area contributed by atoms with Crippen molar-refractivity contribution in [1.82, 2.24) is 0 Å². The second-order valence-electron chi connectivity index (χ2n) is 4.34. The number of nitrogens with zero attached hydrogens (tertiary/aromatic N) is 2. The number of non-ortho nitro benzene ring substituents is 1. The zero-order chi connectivity index (χ0) is 16.0. The monoisotopic (exact) mass is 385 g/mol. The van der Waals surface area contributed by atoms with Crippen LogP contribution in [0, 0.1) is 26.0 Å². The average molecular weight is 386 g/mol. The molecule has 0 saturated heterocycles. The second-order valence-corrected chi connectivity index (χ2v) is 6.34. The predicted molar refractivity (Wildman–Crippen MR) is 81.3 cm³/mol. The molecule has 0 aliphatic carbocycles. The Labute approximate surface area is 134 Å². The Morgan fingerprint density at radius 1 is 1.05 bits per heavy atom. The summed E-state index contributed by atoms with van der Waals surface area (Å²) < 4.78 is 14.5. The minimum atomic E-state index is -0.735. The molecule has 1 aliphatic heterocycles. The Morgan fingerprint density at radius 3 is 2.36 bits per heavy atom. The smallest absolute Gasteiger partial charge is 0.300 e. The Balaban J connectivity index is 2.21. The van der Waals surface area contributed by atoms with Crippen molar-refractivity contribution in [2.24, 2.45) is 0 Å². The third kappa shape index (κ3) is 2.40. The fraction of sp³-hybridized carbons (Fsp3) is 0. The lowest BCUT2D eigenvalue weighted by Gasteiger charge is -2.21. The van der Waals surface area contributed by atoms with Gasteiger partial charge in [0, 0.05) is 20.3 Å². The first-order valence-corrected chi connectivity index (χ1v) is 7.38. The molecule has 0 aromatic heterocycles. The van der Waals surface area contributed by atoms with Gasteiger partial charge >= 0.3 is 5.69 Å². The van der Waals surface area contributed by atoms with Crippen LogP contribution in [-0.4, -0.2) is 9.85 Å². The van der Waals surface area contributed by atoms with Crippen LogP contribution in [0.1, 0.15) is 0 Å². The predicted octanol–water partition coefficient (Wildman–Crippen LogP) is 4.61.